The van der Waals surface area contributed by atoms with Gasteiger partial charge in [-0.15, -0.1) is 5.10 Å². The molecule has 0 fully saturated rings. The maximum absolute atomic E-state index is 12.3. The van der Waals surface area contributed by atoms with Gasteiger partial charge in [0.1, 0.15) is 5.82 Å². The van der Waals surface area contributed by atoms with E-state index in [2.05, 4.69) is 37.6 Å². The third kappa shape index (κ3) is 4.21. The molecule has 0 aliphatic carbocycles. The number of anilines is 2. The summed E-state index contributed by atoms with van der Waals surface area (Å²) in [4.78, 5) is 25.3. The van der Waals surface area contributed by atoms with Crippen molar-refractivity contribution in [1.29, 1.82) is 0 Å². The second-order valence-corrected chi connectivity index (χ2v) is 6.62. The molecule has 1 amide bonds. The Hall–Kier alpha value is -3.81. The molecular weight excluding hydrogens is 366 g/mol. The van der Waals surface area contributed by atoms with Crippen LogP contribution in [-0.2, 0) is 11.2 Å². The minimum absolute atomic E-state index is 0.0934. The number of carbonyl (C=O) groups is 1. The van der Waals surface area contributed by atoms with Crippen LogP contribution >= 0.6 is 0 Å². The van der Waals surface area contributed by atoms with Gasteiger partial charge in [0.2, 0.25) is 5.91 Å². The number of rotatable bonds is 6. The first-order valence-electron chi connectivity index (χ1n) is 9.40. The normalized spacial score (nSPS) is 10.8. The molecule has 8 heteroatoms. The number of amides is 1. The Kier molecular flexibility index (Phi) is 5.15. The van der Waals surface area contributed by atoms with Crippen LogP contribution in [-0.4, -0.2) is 37.0 Å². The summed E-state index contributed by atoms with van der Waals surface area (Å²) in [6.07, 6.45) is 4.36. The van der Waals surface area contributed by atoms with Gasteiger partial charge in [0.25, 0.3) is 5.78 Å². The maximum Gasteiger partial charge on any atom is 0.254 e. The van der Waals surface area contributed by atoms with Crippen LogP contribution in [0, 0.1) is 6.92 Å². The van der Waals surface area contributed by atoms with E-state index < -0.39 is 0 Å². The smallest absolute Gasteiger partial charge is 0.254 e. The highest BCUT2D eigenvalue weighted by atomic mass is 16.1. The van der Waals surface area contributed by atoms with Gasteiger partial charge in [-0.1, -0.05) is 19.1 Å². The minimum atomic E-state index is -0.149. The zero-order valence-corrected chi connectivity index (χ0v) is 16.3. The Balaban J connectivity index is 1.51. The van der Waals surface area contributed by atoms with Gasteiger partial charge in [-0.25, -0.2) is 4.98 Å². The third-order valence-corrected chi connectivity index (χ3v) is 4.44. The fourth-order valence-electron chi connectivity index (χ4n) is 2.93. The molecular formula is C21H21N7O. The largest absolute Gasteiger partial charge is 0.361 e. The molecule has 0 unspecified atom stereocenters. The predicted molar refractivity (Wildman–Crippen MR) is 112 cm³/mol. The van der Waals surface area contributed by atoms with E-state index in [1.54, 1.807) is 16.9 Å². The molecule has 0 spiro atoms. The molecule has 8 nitrogen and oxygen atoms in total. The SMILES string of the molecule is CCc1ccc(NC(=O)CNc2cc(C)nc3nc(-c4cccnc4)nn23)cc1. The van der Waals surface area contributed by atoms with Crippen molar-refractivity contribution in [2.75, 3.05) is 17.2 Å². The first-order valence-corrected chi connectivity index (χ1v) is 9.40. The fraction of sp³-hybridized carbons (Fsp3) is 0.190. The summed E-state index contributed by atoms with van der Waals surface area (Å²) in [6.45, 7) is 4.06. The molecule has 146 valence electrons. The van der Waals surface area contributed by atoms with Gasteiger partial charge in [-0.3, -0.25) is 9.78 Å². The molecule has 0 saturated carbocycles. The second kappa shape index (κ2) is 8.05. The number of carbonyl (C=O) groups excluding carboxylic acids is 1. The molecule has 0 saturated heterocycles. The average molecular weight is 387 g/mol. The molecule has 3 heterocycles. The van der Waals surface area contributed by atoms with Gasteiger partial charge in [0, 0.05) is 35.4 Å². The van der Waals surface area contributed by atoms with Crippen LogP contribution < -0.4 is 10.6 Å². The van der Waals surface area contributed by atoms with Gasteiger partial charge < -0.3 is 10.6 Å². The first-order chi connectivity index (χ1) is 14.1. The van der Waals surface area contributed by atoms with Crippen molar-refractivity contribution < 1.29 is 4.79 Å². The van der Waals surface area contributed by atoms with E-state index in [4.69, 9.17) is 0 Å². The van der Waals surface area contributed by atoms with Gasteiger partial charge in [-0.05, 0) is 43.2 Å². The third-order valence-electron chi connectivity index (χ3n) is 4.44. The molecule has 4 aromatic rings. The van der Waals surface area contributed by atoms with Crippen molar-refractivity contribution in [3.8, 4) is 11.4 Å². The zero-order valence-electron chi connectivity index (χ0n) is 16.3. The van der Waals surface area contributed by atoms with Crippen molar-refractivity contribution in [2.24, 2.45) is 0 Å². The second-order valence-electron chi connectivity index (χ2n) is 6.62. The van der Waals surface area contributed by atoms with Gasteiger partial charge in [0.15, 0.2) is 5.82 Å². The molecule has 1 aromatic carbocycles. The Bertz CT molecular complexity index is 1140. The van der Waals surface area contributed by atoms with Crippen LogP contribution in [0.3, 0.4) is 0 Å². The van der Waals surface area contributed by atoms with E-state index in [0.717, 1.165) is 23.4 Å². The number of benzene rings is 1. The number of aromatic nitrogens is 5. The molecule has 2 N–H and O–H groups in total. The number of nitrogens with one attached hydrogen (secondary N) is 2. The van der Waals surface area contributed by atoms with E-state index in [9.17, 15) is 4.79 Å². The van der Waals surface area contributed by atoms with Gasteiger partial charge in [0.05, 0.1) is 6.54 Å². The number of fused-ring (bicyclic) bond motifs is 1. The lowest BCUT2D eigenvalue weighted by molar-refractivity contribution is -0.114. The quantitative estimate of drug-likeness (QED) is 0.528. The number of pyridine rings is 1. The van der Waals surface area contributed by atoms with E-state index in [1.807, 2.05) is 49.4 Å². The van der Waals surface area contributed by atoms with Crippen LogP contribution in [0.4, 0.5) is 11.5 Å². The highest BCUT2D eigenvalue weighted by Crippen LogP contribution is 2.18. The molecule has 0 aliphatic heterocycles. The van der Waals surface area contributed by atoms with E-state index in [1.165, 1.54) is 5.56 Å². The van der Waals surface area contributed by atoms with Crippen LogP contribution in [0.1, 0.15) is 18.2 Å². The van der Waals surface area contributed by atoms with Crippen molar-refractivity contribution in [3.05, 3.63) is 66.1 Å². The molecule has 29 heavy (non-hydrogen) atoms. The van der Waals surface area contributed by atoms with Gasteiger partial charge in [-0.2, -0.15) is 9.50 Å². The number of aryl methyl sites for hydroxylation is 2. The molecule has 0 radical (unpaired) electrons. The summed E-state index contributed by atoms with van der Waals surface area (Å²) >= 11 is 0. The summed E-state index contributed by atoms with van der Waals surface area (Å²) in [6, 6.07) is 13.4. The lowest BCUT2D eigenvalue weighted by Gasteiger charge is -2.09. The first kappa shape index (κ1) is 18.5. The molecule has 0 aliphatic rings. The minimum Gasteiger partial charge on any atom is -0.361 e. The standard InChI is InChI=1S/C21H21N7O/c1-3-15-6-8-17(9-7-15)25-19(29)13-23-18-11-14(2)24-21-26-20(27-28(18)21)16-5-4-10-22-12-16/h4-12,23H,3,13H2,1-2H3,(H,25,29). The molecule has 3 aromatic heterocycles. The van der Waals surface area contributed by atoms with Crippen LogP contribution in [0.5, 0.6) is 0 Å². The van der Waals surface area contributed by atoms with E-state index >= 15 is 0 Å². The highest BCUT2D eigenvalue weighted by Gasteiger charge is 2.12. The molecule has 0 atom stereocenters. The Morgan fingerprint density at radius 1 is 1.14 bits per heavy atom. The Morgan fingerprint density at radius 2 is 1.97 bits per heavy atom. The monoisotopic (exact) mass is 387 g/mol. The average Bonchev–Trinajstić information content (AvgIpc) is 3.17. The summed E-state index contributed by atoms with van der Waals surface area (Å²) in [7, 11) is 0. The van der Waals surface area contributed by atoms with Crippen LogP contribution in [0.25, 0.3) is 17.2 Å². The summed E-state index contributed by atoms with van der Waals surface area (Å²) in [5.74, 6) is 1.48. The predicted octanol–water partition coefficient (Wildman–Crippen LogP) is 3.11. The Morgan fingerprint density at radius 3 is 2.69 bits per heavy atom. The summed E-state index contributed by atoms with van der Waals surface area (Å²) in [5.41, 5.74) is 3.58. The van der Waals surface area contributed by atoms with Crippen molar-refractivity contribution in [3.63, 3.8) is 0 Å². The van der Waals surface area contributed by atoms with E-state index in [-0.39, 0.29) is 12.5 Å². The van der Waals surface area contributed by atoms with Crippen molar-refractivity contribution in [1.82, 2.24) is 24.6 Å². The van der Waals surface area contributed by atoms with Crippen LogP contribution in [0.15, 0.2) is 54.9 Å². The van der Waals surface area contributed by atoms with Crippen molar-refractivity contribution >= 4 is 23.2 Å². The summed E-state index contributed by atoms with van der Waals surface area (Å²) in [5, 5.41) is 10.5. The maximum atomic E-state index is 12.3. The lowest BCUT2D eigenvalue weighted by atomic mass is 10.1. The zero-order chi connectivity index (χ0) is 20.2. The fourth-order valence-corrected chi connectivity index (χ4v) is 2.93. The number of hydrogen-bond donors (Lipinski definition) is 2. The highest BCUT2D eigenvalue weighted by molar-refractivity contribution is 5.93. The Labute approximate surface area is 168 Å². The number of hydrogen-bond acceptors (Lipinski definition) is 6. The van der Waals surface area contributed by atoms with E-state index in [0.29, 0.717) is 17.4 Å². The molecule has 0 bridgehead atoms. The summed E-state index contributed by atoms with van der Waals surface area (Å²) < 4.78 is 1.60. The van der Waals surface area contributed by atoms with Crippen LogP contribution in [0.2, 0.25) is 0 Å². The number of nitrogens with zero attached hydrogens (tertiary/aromatic N) is 5. The topological polar surface area (TPSA) is 97.1 Å². The lowest BCUT2D eigenvalue weighted by Crippen LogP contribution is -2.23. The van der Waals surface area contributed by atoms with Gasteiger partial charge >= 0.3 is 0 Å². The van der Waals surface area contributed by atoms with Crippen molar-refractivity contribution in [2.45, 2.75) is 20.3 Å². The molecule has 4 rings (SSSR count).